The Balaban J connectivity index is 1.93. The summed E-state index contributed by atoms with van der Waals surface area (Å²) in [5.74, 6) is -0.292. The van der Waals surface area contributed by atoms with Crippen molar-refractivity contribution in [1.82, 2.24) is 15.0 Å². The highest BCUT2D eigenvalue weighted by molar-refractivity contribution is 7.16. The van der Waals surface area contributed by atoms with Gasteiger partial charge in [-0.25, -0.2) is 4.98 Å². The first kappa shape index (κ1) is 11.1. The maximum atomic E-state index is 10.9. The zero-order valence-electron chi connectivity index (χ0n) is 9.41. The molecule has 3 rings (SSSR count). The van der Waals surface area contributed by atoms with Gasteiger partial charge in [0.05, 0.1) is 11.4 Å². The van der Waals surface area contributed by atoms with E-state index in [4.69, 9.17) is 10.8 Å². The number of aliphatic carboxylic acids is 1. The van der Waals surface area contributed by atoms with Gasteiger partial charge in [0.15, 0.2) is 10.6 Å². The Labute approximate surface area is 106 Å². The normalized spacial score (nSPS) is 19.6. The van der Waals surface area contributed by atoms with Gasteiger partial charge in [-0.1, -0.05) is 0 Å². The summed E-state index contributed by atoms with van der Waals surface area (Å²) in [5, 5.41) is 8.97. The van der Waals surface area contributed by atoms with Crippen LogP contribution < -0.4 is 10.6 Å². The molecule has 1 aliphatic heterocycles. The first-order chi connectivity index (χ1) is 8.65. The Morgan fingerprint density at radius 1 is 1.56 bits per heavy atom. The van der Waals surface area contributed by atoms with E-state index in [2.05, 4.69) is 15.0 Å². The Hall–Kier alpha value is -1.96. The average Bonchev–Trinajstić information content (AvgIpc) is 2.97. The van der Waals surface area contributed by atoms with Gasteiger partial charge in [-0.3, -0.25) is 4.79 Å². The summed E-state index contributed by atoms with van der Waals surface area (Å²) >= 11 is 1.40. The van der Waals surface area contributed by atoms with Crippen LogP contribution in [-0.4, -0.2) is 39.1 Å². The number of hydrogen-bond acceptors (Lipinski definition) is 7. The van der Waals surface area contributed by atoms with Crippen molar-refractivity contribution < 1.29 is 9.90 Å². The highest BCUT2D eigenvalue weighted by Crippen LogP contribution is 2.26. The number of nitrogens with zero attached hydrogens (tertiary/aromatic N) is 4. The van der Waals surface area contributed by atoms with Gasteiger partial charge < -0.3 is 15.7 Å². The van der Waals surface area contributed by atoms with Gasteiger partial charge in [-0.2, -0.15) is 9.97 Å². The third kappa shape index (κ3) is 1.74. The number of carboxylic acids is 1. The van der Waals surface area contributed by atoms with Crippen molar-refractivity contribution in [3.8, 4) is 0 Å². The zero-order valence-corrected chi connectivity index (χ0v) is 10.2. The highest BCUT2D eigenvalue weighted by Gasteiger charge is 2.29. The minimum atomic E-state index is -0.774. The van der Waals surface area contributed by atoms with Crippen molar-refractivity contribution in [2.75, 3.05) is 23.7 Å². The van der Waals surface area contributed by atoms with Crippen LogP contribution in [0.2, 0.25) is 0 Å². The van der Waals surface area contributed by atoms with Gasteiger partial charge in [0.1, 0.15) is 5.52 Å². The molecule has 0 aliphatic carbocycles. The smallest absolute Gasteiger partial charge is 0.308 e. The van der Waals surface area contributed by atoms with E-state index in [-0.39, 0.29) is 5.92 Å². The van der Waals surface area contributed by atoms with Crippen LogP contribution in [0.5, 0.6) is 0 Å². The maximum Gasteiger partial charge on any atom is 0.308 e. The van der Waals surface area contributed by atoms with Gasteiger partial charge in [-0.15, -0.1) is 11.3 Å². The van der Waals surface area contributed by atoms with Gasteiger partial charge in [0.25, 0.3) is 0 Å². The van der Waals surface area contributed by atoms with Crippen LogP contribution >= 0.6 is 11.3 Å². The van der Waals surface area contributed by atoms with Crippen LogP contribution in [0.4, 0.5) is 11.8 Å². The van der Waals surface area contributed by atoms with E-state index in [9.17, 15) is 4.79 Å². The van der Waals surface area contributed by atoms with E-state index in [1.165, 1.54) is 11.3 Å². The second-order valence-corrected chi connectivity index (χ2v) is 5.02. The van der Waals surface area contributed by atoms with E-state index in [1.807, 2.05) is 4.90 Å². The lowest BCUT2D eigenvalue weighted by Crippen LogP contribution is -2.24. The van der Waals surface area contributed by atoms with Gasteiger partial charge in [0.2, 0.25) is 5.95 Å². The molecule has 1 atom stereocenters. The van der Waals surface area contributed by atoms with Crippen molar-refractivity contribution in [1.29, 1.82) is 0 Å². The molecule has 0 amide bonds. The van der Waals surface area contributed by atoms with Crippen LogP contribution in [0.3, 0.4) is 0 Å². The predicted octanol–water partition coefficient (Wildman–Crippen LogP) is 0.579. The standard InChI is InChI=1S/C10H11N5O2S/c11-7-6-8(18-4-12-6)14-10(13-7)15-2-1-5(3-15)9(16)17/h4-5H,1-3H2,(H,16,17)(H2,11,13,14)/t5-/m1/s1. The summed E-state index contributed by atoms with van der Waals surface area (Å²) in [6.07, 6.45) is 0.610. The molecule has 7 nitrogen and oxygen atoms in total. The number of anilines is 2. The van der Waals surface area contributed by atoms with E-state index >= 15 is 0 Å². The molecule has 0 saturated carbocycles. The molecular formula is C10H11N5O2S. The molecule has 3 N–H and O–H groups in total. The van der Waals surface area contributed by atoms with Crippen molar-refractivity contribution in [3.05, 3.63) is 5.51 Å². The molecule has 1 aliphatic rings. The molecule has 8 heteroatoms. The van der Waals surface area contributed by atoms with Gasteiger partial charge >= 0.3 is 5.97 Å². The summed E-state index contributed by atoms with van der Waals surface area (Å²) < 4.78 is 0. The Bertz CT molecular complexity index is 613. The van der Waals surface area contributed by atoms with Crippen molar-refractivity contribution in [2.45, 2.75) is 6.42 Å². The fourth-order valence-electron chi connectivity index (χ4n) is 2.06. The van der Waals surface area contributed by atoms with Gasteiger partial charge in [-0.05, 0) is 6.42 Å². The van der Waals surface area contributed by atoms with E-state index in [1.54, 1.807) is 5.51 Å². The fraction of sp³-hybridized carbons (Fsp3) is 0.400. The summed E-state index contributed by atoms with van der Waals surface area (Å²) in [5.41, 5.74) is 8.09. The largest absolute Gasteiger partial charge is 0.481 e. The highest BCUT2D eigenvalue weighted by atomic mass is 32.1. The van der Waals surface area contributed by atoms with E-state index < -0.39 is 5.97 Å². The average molecular weight is 265 g/mol. The molecule has 18 heavy (non-hydrogen) atoms. The Morgan fingerprint density at radius 3 is 3.11 bits per heavy atom. The number of fused-ring (bicyclic) bond motifs is 1. The van der Waals surface area contributed by atoms with Crippen molar-refractivity contribution >= 4 is 39.4 Å². The summed E-state index contributed by atoms with van der Waals surface area (Å²) in [7, 11) is 0. The third-order valence-corrected chi connectivity index (χ3v) is 3.75. The topological polar surface area (TPSA) is 105 Å². The molecule has 0 spiro atoms. The number of thiazole rings is 1. The van der Waals surface area contributed by atoms with Crippen LogP contribution in [-0.2, 0) is 4.79 Å². The minimum Gasteiger partial charge on any atom is -0.481 e. The molecule has 0 unspecified atom stereocenters. The number of aromatic nitrogens is 3. The summed E-state index contributed by atoms with van der Waals surface area (Å²) in [4.78, 5) is 26.2. The quantitative estimate of drug-likeness (QED) is 0.818. The zero-order chi connectivity index (χ0) is 12.7. The lowest BCUT2D eigenvalue weighted by Gasteiger charge is -2.15. The first-order valence-corrected chi connectivity index (χ1v) is 6.37. The second kappa shape index (κ2) is 4.05. The molecule has 94 valence electrons. The summed E-state index contributed by atoms with van der Waals surface area (Å²) in [6.45, 7) is 1.07. The number of hydrogen-bond donors (Lipinski definition) is 2. The van der Waals surface area contributed by atoms with Crippen molar-refractivity contribution in [3.63, 3.8) is 0 Å². The minimum absolute atomic E-state index is 0.343. The fourth-order valence-corrected chi connectivity index (χ4v) is 2.72. The molecule has 1 fully saturated rings. The summed E-state index contributed by atoms with van der Waals surface area (Å²) in [6, 6.07) is 0. The van der Waals surface area contributed by atoms with E-state index in [0.29, 0.717) is 36.8 Å². The number of carbonyl (C=O) groups is 1. The van der Waals surface area contributed by atoms with Crippen LogP contribution in [0.15, 0.2) is 5.51 Å². The predicted molar refractivity (Wildman–Crippen MR) is 67.6 cm³/mol. The first-order valence-electron chi connectivity index (χ1n) is 5.49. The molecular weight excluding hydrogens is 254 g/mol. The SMILES string of the molecule is Nc1nc(N2CC[C@@H](C(=O)O)C2)nc2scnc12. The molecule has 0 radical (unpaired) electrons. The number of nitrogens with two attached hydrogens (primary N) is 1. The second-order valence-electron chi connectivity index (χ2n) is 4.18. The number of nitrogen functional groups attached to an aromatic ring is 1. The van der Waals surface area contributed by atoms with Gasteiger partial charge in [0, 0.05) is 13.1 Å². The Morgan fingerprint density at radius 2 is 2.39 bits per heavy atom. The molecule has 2 aromatic rings. The molecule has 0 bridgehead atoms. The number of rotatable bonds is 2. The Kier molecular flexibility index (Phi) is 2.51. The maximum absolute atomic E-state index is 10.9. The third-order valence-electron chi connectivity index (χ3n) is 3.03. The monoisotopic (exact) mass is 265 g/mol. The van der Waals surface area contributed by atoms with Crippen molar-refractivity contribution in [2.24, 2.45) is 5.92 Å². The van der Waals surface area contributed by atoms with Crippen LogP contribution in [0, 0.1) is 5.92 Å². The number of carboxylic acid groups (broad SMARTS) is 1. The lowest BCUT2D eigenvalue weighted by atomic mass is 10.1. The van der Waals surface area contributed by atoms with E-state index in [0.717, 1.165) is 4.83 Å². The molecule has 2 aromatic heterocycles. The van der Waals surface area contributed by atoms with Crippen LogP contribution in [0.25, 0.3) is 10.3 Å². The molecule has 1 saturated heterocycles. The molecule has 0 aromatic carbocycles. The molecule has 3 heterocycles. The lowest BCUT2D eigenvalue weighted by molar-refractivity contribution is -0.140. The van der Waals surface area contributed by atoms with Crippen LogP contribution in [0.1, 0.15) is 6.42 Å².